The molecule has 21 heavy (non-hydrogen) atoms. The second-order valence-electron chi connectivity index (χ2n) is 4.55. The first-order chi connectivity index (χ1) is 9.66. The Labute approximate surface area is 137 Å². The van der Waals surface area contributed by atoms with Gasteiger partial charge in [-0.25, -0.2) is 16.8 Å². The lowest BCUT2D eigenvalue weighted by Gasteiger charge is -2.32. The molecule has 0 saturated carbocycles. The highest BCUT2D eigenvalue weighted by atomic mass is 79.9. The molecular weight excluding hydrogens is 408 g/mol. The molecule has 1 fully saturated rings. The minimum Gasteiger partial charge on any atom is -0.452 e. The number of sulfonamides is 2. The van der Waals surface area contributed by atoms with Crippen molar-refractivity contribution >= 4 is 47.6 Å². The van der Waals surface area contributed by atoms with Crippen LogP contribution in [0.2, 0.25) is 0 Å². The minimum atomic E-state index is -3.74. The molecule has 120 valence electrons. The number of piperazine rings is 1. The van der Waals surface area contributed by atoms with Crippen LogP contribution < -0.4 is 0 Å². The van der Waals surface area contributed by atoms with Gasteiger partial charge in [0.25, 0.3) is 0 Å². The topological polar surface area (TPSA) is 87.9 Å². The molecular formula is C10H14BrClN2O5S2. The van der Waals surface area contributed by atoms with Gasteiger partial charge in [0.15, 0.2) is 4.67 Å². The van der Waals surface area contributed by atoms with Gasteiger partial charge in [0, 0.05) is 32.2 Å². The molecule has 0 aliphatic carbocycles. The van der Waals surface area contributed by atoms with Crippen molar-refractivity contribution in [2.45, 2.75) is 10.8 Å². The van der Waals surface area contributed by atoms with E-state index >= 15 is 0 Å². The van der Waals surface area contributed by atoms with Gasteiger partial charge in [0.1, 0.15) is 10.7 Å². The number of nitrogens with zero attached hydrogens (tertiary/aromatic N) is 2. The van der Waals surface area contributed by atoms with Crippen molar-refractivity contribution in [1.29, 1.82) is 0 Å². The molecule has 2 heterocycles. The van der Waals surface area contributed by atoms with E-state index in [0.717, 1.165) is 6.26 Å². The maximum Gasteiger partial charge on any atom is 0.247 e. The Morgan fingerprint density at radius 3 is 2.14 bits per heavy atom. The van der Waals surface area contributed by atoms with Crippen molar-refractivity contribution in [2.24, 2.45) is 0 Å². The van der Waals surface area contributed by atoms with Crippen molar-refractivity contribution in [3.63, 3.8) is 0 Å². The van der Waals surface area contributed by atoms with Gasteiger partial charge in [-0.3, -0.25) is 0 Å². The van der Waals surface area contributed by atoms with Gasteiger partial charge < -0.3 is 4.42 Å². The normalized spacial score (nSPS) is 19.0. The Kier molecular flexibility index (Phi) is 5.06. The molecule has 0 bridgehead atoms. The molecule has 0 aromatic carbocycles. The van der Waals surface area contributed by atoms with E-state index in [4.69, 9.17) is 16.0 Å². The molecule has 2 rings (SSSR count). The van der Waals surface area contributed by atoms with Gasteiger partial charge in [0.2, 0.25) is 20.0 Å². The quantitative estimate of drug-likeness (QED) is 0.678. The Morgan fingerprint density at radius 2 is 1.71 bits per heavy atom. The maximum absolute atomic E-state index is 12.5. The van der Waals surface area contributed by atoms with Crippen molar-refractivity contribution in [2.75, 3.05) is 32.4 Å². The molecule has 0 spiro atoms. The van der Waals surface area contributed by atoms with Crippen LogP contribution in [0, 0.1) is 0 Å². The summed E-state index contributed by atoms with van der Waals surface area (Å²) in [5.41, 5.74) is 0. The second kappa shape index (κ2) is 6.17. The summed E-state index contributed by atoms with van der Waals surface area (Å²) in [6, 6.07) is 1.37. The first-order valence-corrected chi connectivity index (χ1v) is 10.6. The molecule has 1 aromatic rings. The van der Waals surface area contributed by atoms with Crippen molar-refractivity contribution in [3.8, 4) is 0 Å². The van der Waals surface area contributed by atoms with Crippen LogP contribution in [0.15, 0.2) is 20.0 Å². The molecule has 0 amide bonds. The second-order valence-corrected chi connectivity index (χ2v) is 9.43. The zero-order valence-electron chi connectivity index (χ0n) is 11.1. The van der Waals surface area contributed by atoms with E-state index in [9.17, 15) is 16.8 Å². The Hall–Kier alpha value is -0.130. The van der Waals surface area contributed by atoms with Crippen LogP contribution in [0.1, 0.15) is 5.76 Å². The van der Waals surface area contributed by atoms with Crippen LogP contribution in [0.25, 0.3) is 0 Å². The van der Waals surface area contributed by atoms with Crippen LogP contribution >= 0.6 is 27.5 Å². The molecule has 1 aliphatic heterocycles. The lowest BCUT2D eigenvalue weighted by atomic mass is 10.4. The minimum absolute atomic E-state index is 0.00551. The van der Waals surface area contributed by atoms with Gasteiger partial charge in [-0.2, -0.15) is 8.61 Å². The highest BCUT2D eigenvalue weighted by Crippen LogP contribution is 2.30. The molecule has 0 N–H and O–H groups in total. The largest absolute Gasteiger partial charge is 0.452 e. The van der Waals surface area contributed by atoms with Crippen molar-refractivity contribution < 1.29 is 21.3 Å². The number of alkyl halides is 1. The SMILES string of the molecule is CS(=O)(=O)N1CCN(S(=O)(=O)c2cc(CCl)oc2Br)CC1. The third-order valence-electron chi connectivity index (χ3n) is 3.12. The number of hydrogen-bond donors (Lipinski definition) is 0. The average molecular weight is 422 g/mol. The predicted molar refractivity (Wildman–Crippen MR) is 81.1 cm³/mol. The fourth-order valence-electron chi connectivity index (χ4n) is 2.02. The van der Waals surface area contributed by atoms with E-state index < -0.39 is 20.0 Å². The summed E-state index contributed by atoms with van der Waals surface area (Å²) in [6.07, 6.45) is 1.11. The first kappa shape index (κ1) is 17.2. The van der Waals surface area contributed by atoms with Gasteiger partial charge in [-0.15, -0.1) is 11.6 Å². The van der Waals surface area contributed by atoms with Gasteiger partial charge in [-0.05, 0) is 15.9 Å². The Morgan fingerprint density at radius 1 is 1.19 bits per heavy atom. The standard InChI is InChI=1S/C10H14BrClN2O5S2/c1-20(15,16)13-2-4-14(5-3-13)21(17,18)9-6-8(7-12)19-10(9)11/h6H,2-5,7H2,1H3. The lowest BCUT2D eigenvalue weighted by molar-refractivity contribution is 0.273. The number of halogens is 2. The molecule has 1 saturated heterocycles. The molecule has 0 radical (unpaired) electrons. The van der Waals surface area contributed by atoms with E-state index in [2.05, 4.69) is 15.9 Å². The average Bonchev–Trinajstić information content (AvgIpc) is 2.80. The van der Waals surface area contributed by atoms with Crippen molar-refractivity contribution in [1.82, 2.24) is 8.61 Å². The molecule has 0 unspecified atom stereocenters. The van der Waals surface area contributed by atoms with Gasteiger partial charge in [-0.1, -0.05) is 0 Å². The molecule has 1 aromatic heterocycles. The summed E-state index contributed by atoms with van der Waals surface area (Å²) in [5, 5.41) is 0. The summed E-state index contributed by atoms with van der Waals surface area (Å²) in [4.78, 5) is 0.00551. The molecule has 1 aliphatic rings. The predicted octanol–water partition coefficient (Wildman–Crippen LogP) is 1.05. The summed E-state index contributed by atoms with van der Waals surface area (Å²) >= 11 is 8.69. The summed E-state index contributed by atoms with van der Waals surface area (Å²) < 4.78 is 55.7. The van der Waals surface area contributed by atoms with E-state index in [1.165, 1.54) is 14.7 Å². The Balaban J connectivity index is 2.20. The Bertz CT molecular complexity index is 723. The zero-order chi connectivity index (χ0) is 15.8. The summed E-state index contributed by atoms with van der Waals surface area (Å²) in [5.74, 6) is 0.410. The van der Waals surface area contributed by atoms with Crippen LogP contribution in [-0.2, 0) is 25.9 Å². The van der Waals surface area contributed by atoms with Gasteiger partial charge in [0.05, 0.1) is 12.1 Å². The van der Waals surface area contributed by atoms with Crippen LogP contribution in [0.4, 0.5) is 0 Å². The van der Waals surface area contributed by atoms with E-state index in [1.54, 1.807) is 0 Å². The van der Waals surface area contributed by atoms with Crippen LogP contribution in [0.5, 0.6) is 0 Å². The van der Waals surface area contributed by atoms with E-state index in [0.29, 0.717) is 5.76 Å². The third kappa shape index (κ3) is 3.62. The smallest absolute Gasteiger partial charge is 0.247 e. The van der Waals surface area contributed by atoms with Gasteiger partial charge >= 0.3 is 0 Å². The van der Waals surface area contributed by atoms with Crippen LogP contribution in [-0.4, -0.2) is 57.9 Å². The zero-order valence-corrected chi connectivity index (χ0v) is 15.1. The number of furan rings is 1. The number of hydrogen-bond acceptors (Lipinski definition) is 5. The molecule has 0 atom stereocenters. The highest BCUT2D eigenvalue weighted by Gasteiger charge is 2.33. The summed E-state index contributed by atoms with van der Waals surface area (Å²) in [7, 11) is -7.04. The maximum atomic E-state index is 12.5. The number of rotatable bonds is 4. The molecule has 11 heteroatoms. The lowest BCUT2D eigenvalue weighted by Crippen LogP contribution is -2.50. The third-order valence-corrected chi connectivity index (χ3v) is 7.44. The monoisotopic (exact) mass is 420 g/mol. The van der Waals surface area contributed by atoms with Crippen molar-refractivity contribution in [3.05, 3.63) is 16.5 Å². The van der Waals surface area contributed by atoms with E-state index in [1.807, 2.05) is 0 Å². The van der Waals surface area contributed by atoms with E-state index in [-0.39, 0.29) is 41.6 Å². The molecule has 7 nitrogen and oxygen atoms in total. The summed E-state index contributed by atoms with van der Waals surface area (Å²) in [6.45, 7) is 0.470. The van der Waals surface area contributed by atoms with Crippen LogP contribution in [0.3, 0.4) is 0 Å². The fourth-order valence-corrected chi connectivity index (χ4v) is 5.36. The first-order valence-electron chi connectivity index (χ1n) is 5.95. The fraction of sp³-hybridized carbons (Fsp3) is 0.600. The highest BCUT2D eigenvalue weighted by molar-refractivity contribution is 9.10.